The molecule has 4 heteroatoms. The minimum Gasteiger partial charge on any atom is -0.347 e. The average molecular weight is 216 g/mol. The van der Waals surface area contributed by atoms with Crippen molar-refractivity contribution in [2.75, 3.05) is 0 Å². The van der Waals surface area contributed by atoms with Crippen LogP contribution in [0.4, 0.5) is 0 Å². The summed E-state index contributed by atoms with van der Waals surface area (Å²) >= 11 is 7.11. The van der Waals surface area contributed by atoms with Crippen LogP contribution in [-0.2, 0) is 0 Å². The lowest BCUT2D eigenvalue weighted by molar-refractivity contribution is 0.0936. The molecule has 1 N–H and O–H groups in total. The van der Waals surface area contributed by atoms with E-state index in [4.69, 9.17) is 11.6 Å². The highest BCUT2D eigenvalue weighted by molar-refractivity contribution is 7.14. The summed E-state index contributed by atoms with van der Waals surface area (Å²) in [7, 11) is 0. The molecule has 1 aliphatic rings. The minimum absolute atomic E-state index is 0.0110. The molecule has 2 nitrogen and oxygen atoms in total. The molecule has 0 aliphatic heterocycles. The van der Waals surface area contributed by atoms with Gasteiger partial charge in [-0.1, -0.05) is 11.6 Å². The van der Waals surface area contributed by atoms with Gasteiger partial charge in [-0.2, -0.15) is 0 Å². The van der Waals surface area contributed by atoms with Gasteiger partial charge in [0.1, 0.15) is 0 Å². The Balaban J connectivity index is 2.05. The second-order valence-corrected chi connectivity index (χ2v) is 5.20. The highest BCUT2D eigenvalue weighted by Gasteiger charge is 2.38. The minimum atomic E-state index is -0.0110. The molecule has 1 fully saturated rings. The van der Waals surface area contributed by atoms with E-state index in [9.17, 15) is 4.79 Å². The molecular weight excluding hydrogens is 206 g/mol. The van der Waals surface area contributed by atoms with Crippen LogP contribution in [0.2, 0.25) is 4.34 Å². The van der Waals surface area contributed by atoms with Gasteiger partial charge in [-0.3, -0.25) is 4.79 Å². The first kappa shape index (κ1) is 9.03. The number of amides is 1. The van der Waals surface area contributed by atoms with Crippen molar-refractivity contribution in [1.29, 1.82) is 0 Å². The molecule has 1 aromatic heterocycles. The van der Waals surface area contributed by atoms with E-state index in [0.29, 0.717) is 9.90 Å². The third kappa shape index (κ3) is 2.03. The van der Waals surface area contributed by atoms with E-state index in [0.717, 1.165) is 12.8 Å². The van der Waals surface area contributed by atoms with Gasteiger partial charge in [-0.05, 0) is 25.8 Å². The van der Waals surface area contributed by atoms with Crippen LogP contribution in [0.3, 0.4) is 0 Å². The van der Waals surface area contributed by atoms with E-state index < -0.39 is 0 Å². The predicted molar refractivity (Wildman–Crippen MR) is 54.4 cm³/mol. The van der Waals surface area contributed by atoms with E-state index in [2.05, 4.69) is 12.2 Å². The standard InChI is InChI=1S/C9H10ClNOS/c1-9(2-3-9)11-8(12)6-4-7(10)13-5-6/h4-5H,2-3H2,1H3,(H,11,12). The maximum atomic E-state index is 11.6. The van der Waals surface area contributed by atoms with Crippen molar-refractivity contribution in [3.8, 4) is 0 Å². The zero-order chi connectivity index (χ0) is 9.47. The summed E-state index contributed by atoms with van der Waals surface area (Å²) in [6.45, 7) is 2.05. The van der Waals surface area contributed by atoms with Crippen LogP contribution in [-0.4, -0.2) is 11.4 Å². The highest BCUT2D eigenvalue weighted by atomic mass is 35.5. The van der Waals surface area contributed by atoms with Crippen LogP contribution >= 0.6 is 22.9 Å². The number of carbonyl (C=O) groups excluding carboxylic acids is 1. The highest BCUT2D eigenvalue weighted by Crippen LogP contribution is 2.34. The third-order valence-electron chi connectivity index (χ3n) is 2.24. The zero-order valence-electron chi connectivity index (χ0n) is 7.26. The average Bonchev–Trinajstić information content (AvgIpc) is 2.62. The van der Waals surface area contributed by atoms with E-state index in [1.807, 2.05) is 0 Å². The van der Waals surface area contributed by atoms with Crippen LogP contribution in [0.1, 0.15) is 30.1 Å². The van der Waals surface area contributed by atoms with Gasteiger partial charge in [0.2, 0.25) is 0 Å². The number of thiophene rings is 1. The molecule has 0 spiro atoms. The Morgan fingerprint density at radius 1 is 1.69 bits per heavy atom. The molecule has 1 aromatic rings. The monoisotopic (exact) mass is 215 g/mol. The molecule has 13 heavy (non-hydrogen) atoms. The van der Waals surface area contributed by atoms with Gasteiger partial charge in [-0.15, -0.1) is 11.3 Å². The Bertz CT molecular complexity index is 343. The summed E-state index contributed by atoms with van der Waals surface area (Å²) in [5, 5.41) is 4.75. The van der Waals surface area contributed by atoms with Gasteiger partial charge in [0, 0.05) is 10.9 Å². The second-order valence-electron chi connectivity index (χ2n) is 3.65. The van der Waals surface area contributed by atoms with Crippen molar-refractivity contribution in [3.05, 3.63) is 21.3 Å². The normalized spacial score (nSPS) is 18.3. The van der Waals surface area contributed by atoms with Crippen LogP contribution < -0.4 is 5.32 Å². The van der Waals surface area contributed by atoms with Gasteiger partial charge in [-0.25, -0.2) is 0 Å². The van der Waals surface area contributed by atoms with Crippen molar-refractivity contribution in [2.45, 2.75) is 25.3 Å². The van der Waals surface area contributed by atoms with Gasteiger partial charge < -0.3 is 5.32 Å². The Labute approximate surface area is 85.9 Å². The number of rotatable bonds is 2. The van der Waals surface area contributed by atoms with Gasteiger partial charge in [0.25, 0.3) is 5.91 Å². The second kappa shape index (κ2) is 3.00. The number of nitrogens with one attached hydrogen (secondary N) is 1. The van der Waals surface area contributed by atoms with E-state index >= 15 is 0 Å². The summed E-state index contributed by atoms with van der Waals surface area (Å²) in [6.07, 6.45) is 2.16. The lowest BCUT2D eigenvalue weighted by atomic mass is 10.2. The van der Waals surface area contributed by atoms with Crippen molar-refractivity contribution < 1.29 is 4.79 Å². The fraction of sp³-hybridized carbons (Fsp3) is 0.444. The Hall–Kier alpha value is -0.540. The summed E-state index contributed by atoms with van der Waals surface area (Å²) in [5.74, 6) is -0.0110. The maximum Gasteiger partial charge on any atom is 0.252 e. The van der Waals surface area contributed by atoms with Gasteiger partial charge >= 0.3 is 0 Å². The first-order valence-electron chi connectivity index (χ1n) is 4.16. The fourth-order valence-corrected chi connectivity index (χ4v) is 1.95. The molecule has 70 valence electrons. The van der Waals surface area contributed by atoms with Gasteiger partial charge in [0.15, 0.2) is 0 Å². The lowest BCUT2D eigenvalue weighted by Crippen LogP contribution is -2.33. The SMILES string of the molecule is CC1(NC(=O)c2csc(Cl)c2)CC1. The van der Waals surface area contributed by atoms with Crippen LogP contribution in [0, 0.1) is 0 Å². The molecular formula is C9H10ClNOS. The lowest BCUT2D eigenvalue weighted by Gasteiger charge is -2.09. The number of hydrogen-bond donors (Lipinski definition) is 1. The van der Waals surface area contributed by atoms with Gasteiger partial charge in [0.05, 0.1) is 9.90 Å². The largest absolute Gasteiger partial charge is 0.347 e. The van der Waals surface area contributed by atoms with Crippen LogP contribution in [0.15, 0.2) is 11.4 Å². The van der Waals surface area contributed by atoms with Crippen molar-refractivity contribution in [1.82, 2.24) is 5.32 Å². The van der Waals surface area contributed by atoms with E-state index in [-0.39, 0.29) is 11.4 Å². The molecule has 1 aliphatic carbocycles. The maximum absolute atomic E-state index is 11.6. The van der Waals surface area contributed by atoms with Crippen molar-refractivity contribution in [3.63, 3.8) is 0 Å². The molecule has 0 bridgehead atoms. The Kier molecular flexibility index (Phi) is 2.08. The summed E-state index contributed by atoms with van der Waals surface area (Å²) in [5.41, 5.74) is 0.717. The predicted octanol–water partition coefficient (Wildman–Crippen LogP) is 2.68. The molecule has 1 saturated carbocycles. The molecule has 1 amide bonds. The number of carbonyl (C=O) groups is 1. The number of hydrogen-bond acceptors (Lipinski definition) is 2. The summed E-state index contributed by atoms with van der Waals surface area (Å²) in [6, 6.07) is 1.70. The molecule has 0 atom stereocenters. The van der Waals surface area contributed by atoms with E-state index in [1.54, 1.807) is 11.4 Å². The molecule has 0 unspecified atom stereocenters. The van der Waals surface area contributed by atoms with Crippen molar-refractivity contribution in [2.24, 2.45) is 0 Å². The quantitative estimate of drug-likeness (QED) is 0.808. The van der Waals surface area contributed by atoms with Crippen molar-refractivity contribution >= 4 is 28.8 Å². The zero-order valence-corrected chi connectivity index (χ0v) is 8.84. The molecule has 0 radical (unpaired) electrons. The summed E-state index contributed by atoms with van der Waals surface area (Å²) < 4.78 is 0.658. The van der Waals surface area contributed by atoms with Crippen LogP contribution in [0.5, 0.6) is 0 Å². The first-order chi connectivity index (χ1) is 6.09. The number of halogens is 1. The van der Waals surface area contributed by atoms with E-state index in [1.165, 1.54) is 11.3 Å². The Morgan fingerprint density at radius 2 is 2.38 bits per heavy atom. The summed E-state index contributed by atoms with van der Waals surface area (Å²) in [4.78, 5) is 11.6. The fourth-order valence-electron chi connectivity index (χ4n) is 1.09. The van der Waals surface area contributed by atoms with Crippen LogP contribution in [0.25, 0.3) is 0 Å². The Morgan fingerprint density at radius 3 is 2.85 bits per heavy atom. The third-order valence-corrected chi connectivity index (χ3v) is 3.34. The topological polar surface area (TPSA) is 29.1 Å². The first-order valence-corrected chi connectivity index (χ1v) is 5.41. The smallest absolute Gasteiger partial charge is 0.252 e. The molecule has 0 aromatic carbocycles. The molecule has 2 rings (SSSR count). The molecule has 0 saturated heterocycles. The molecule has 1 heterocycles.